The van der Waals surface area contributed by atoms with E-state index in [1.807, 2.05) is 36.4 Å². The zero-order valence-corrected chi connectivity index (χ0v) is 15.7. The van der Waals surface area contributed by atoms with E-state index in [2.05, 4.69) is 10.2 Å². The third-order valence-corrected chi connectivity index (χ3v) is 4.78. The molecule has 1 N–H and O–H groups in total. The van der Waals surface area contributed by atoms with Crippen LogP contribution in [-0.2, 0) is 4.79 Å². The molecule has 0 bridgehead atoms. The van der Waals surface area contributed by atoms with Crippen LogP contribution in [0.25, 0.3) is 0 Å². The molecule has 1 heterocycles. The molecule has 3 rings (SSSR count). The number of Topliss-reactive ketones (excluding diaryl/α,β-unsaturated/α-hetero) is 1. The van der Waals surface area contributed by atoms with Gasteiger partial charge in [0.2, 0.25) is 5.91 Å². The number of ether oxygens (including phenoxy) is 1. The first kappa shape index (κ1) is 19.1. The van der Waals surface area contributed by atoms with Crippen molar-refractivity contribution in [1.29, 1.82) is 0 Å². The average Bonchev–Trinajstić information content (AvgIpc) is 2.67. The zero-order chi connectivity index (χ0) is 19.1. The number of hydrogen-bond donors (Lipinski definition) is 1. The van der Waals surface area contributed by atoms with Crippen LogP contribution in [0.2, 0.25) is 0 Å². The van der Waals surface area contributed by atoms with Crippen LogP contribution in [-0.4, -0.2) is 42.8 Å². The van der Waals surface area contributed by atoms with Crippen molar-refractivity contribution >= 4 is 17.4 Å². The van der Waals surface area contributed by atoms with Gasteiger partial charge in [-0.05, 0) is 50.6 Å². The molecule has 5 nitrogen and oxygen atoms in total. The largest absolute Gasteiger partial charge is 0.493 e. The van der Waals surface area contributed by atoms with Gasteiger partial charge in [0.15, 0.2) is 5.78 Å². The number of carbonyl (C=O) groups excluding carboxylic acids is 2. The highest BCUT2D eigenvalue weighted by atomic mass is 16.5. The molecule has 1 saturated heterocycles. The Bertz CT molecular complexity index is 776. The summed E-state index contributed by atoms with van der Waals surface area (Å²) < 4.78 is 5.87. The number of amides is 1. The lowest BCUT2D eigenvalue weighted by atomic mass is 9.99. The Hall–Kier alpha value is -2.66. The third-order valence-electron chi connectivity index (χ3n) is 4.78. The molecule has 1 aliphatic heterocycles. The molecule has 1 atom stereocenters. The molecular weight excluding hydrogens is 340 g/mol. The van der Waals surface area contributed by atoms with Gasteiger partial charge in [-0.15, -0.1) is 0 Å². The molecule has 0 radical (unpaired) electrons. The second-order valence-corrected chi connectivity index (χ2v) is 7.02. The number of piperidine rings is 1. The van der Waals surface area contributed by atoms with E-state index in [1.54, 1.807) is 18.2 Å². The molecule has 1 unspecified atom stereocenters. The van der Waals surface area contributed by atoms with E-state index in [9.17, 15) is 9.59 Å². The van der Waals surface area contributed by atoms with Gasteiger partial charge in [0.05, 0.1) is 18.8 Å². The predicted octanol–water partition coefficient (Wildman–Crippen LogP) is 3.62. The number of carbonyl (C=O) groups is 2. The van der Waals surface area contributed by atoms with E-state index in [0.717, 1.165) is 31.7 Å². The highest BCUT2D eigenvalue weighted by Gasteiger charge is 2.22. The molecule has 0 aliphatic carbocycles. The van der Waals surface area contributed by atoms with E-state index in [1.165, 1.54) is 6.92 Å². The molecular formula is C22H26N2O3. The van der Waals surface area contributed by atoms with E-state index in [0.29, 0.717) is 30.3 Å². The average molecular weight is 366 g/mol. The number of anilines is 1. The quantitative estimate of drug-likeness (QED) is 0.761. The minimum Gasteiger partial charge on any atom is -0.493 e. The Morgan fingerprint density at radius 3 is 2.63 bits per heavy atom. The SMILES string of the molecule is CC(=O)c1ccccc1NC(=O)CN1CCCC(COc2ccccc2)C1. The summed E-state index contributed by atoms with van der Waals surface area (Å²) in [6.07, 6.45) is 2.16. The maximum atomic E-state index is 12.4. The van der Waals surface area contributed by atoms with Gasteiger partial charge in [0.1, 0.15) is 5.75 Å². The first-order valence-corrected chi connectivity index (χ1v) is 9.42. The number of nitrogens with one attached hydrogen (secondary N) is 1. The number of nitrogens with zero attached hydrogens (tertiary/aromatic N) is 1. The number of ketones is 1. The minimum atomic E-state index is -0.0895. The number of benzene rings is 2. The predicted molar refractivity (Wildman–Crippen MR) is 106 cm³/mol. The van der Waals surface area contributed by atoms with Crippen LogP contribution in [0.3, 0.4) is 0 Å². The normalized spacial score (nSPS) is 17.3. The summed E-state index contributed by atoms with van der Waals surface area (Å²) in [5.74, 6) is 1.15. The van der Waals surface area contributed by atoms with Gasteiger partial charge < -0.3 is 10.1 Å². The smallest absolute Gasteiger partial charge is 0.238 e. The molecule has 27 heavy (non-hydrogen) atoms. The lowest BCUT2D eigenvalue weighted by Gasteiger charge is -2.32. The van der Waals surface area contributed by atoms with Crippen molar-refractivity contribution < 1.29 is 14.3 Å². The van der Waals surface area contributed by atoms with Crippen LogP contribution < -0.4 is 10.1 Å². The molecule has 1 aliphatic rings. The fourth-order valence-electron chi connectivity index (χ4n) is 3.45. The van der Waals surface area contributed by atoms with Crippen LogP contribution in [0.15, 0.2) is 54.6 Å². The molecule has 2 aromatic rings. The van der Waals surface area contributed by atoms with E-state index in [4.69, 9.17) is 4.74 Å². The fourth-order valence-corrected chi connectivity index (χ4v) is 3.45. The lowest BCUT2D eigenvalue weighted by Crippen LogP contribution is -2.42. The van der Waals surface area contributed by atoms with Crippen molar-refractivity contribution in [2.24, 2.45) is 5.92 Å². The van der Waals surface area contributed by atoms with Gasteiger partial charge >= 0.3 is 0 Å². The van der Waals surface area contributed by atoms with Gasteiger partial charge in [0, 0.05) is 18.0 Å². The first-order valence-electron chi connectivity index (χ1n) is 9.42. The van der Waals surface area contributed by atoms with Gasteiger partial charge in [-0.1, -0.05) is 30.3 Å². The third kappa shape index (κ3) is 5.66. The van der Waals surface area contributed by atoms with Crippen LogP contribution in [0.5, 0.6) is 5.75 Å². The molecule has 1 amide bonds. The van der Waals surface area contributed by atoms with E-state index >= 15 is 0 Å². The summed E-state index contributed by atoms with van der Waals surface area (Å²) in [6, 6.07) is 16.9. The number of likely N-dealkylation sites (tertiary alicyclic amines) is 1. The molecule has 1 fully saturated rings. The van der Waals surface area contributed by atoms with Gasteiger partial charge in [-0.2, -0.15) is 0 Å². The summed E-state index contributed by atoms with van der Waals surface area (Å²) in [7, 11) is 0. The summed E-state index contributed by atoms with van der Waals surface area (Å²) in [5.41, 5.74) is 1.12. The molecule has 0 saturated carbocycles. The van der Waals surface area contributed by atoms with Crippen molar-refractivity contribution in [1.82, 2.24) is 4.90 Å². The first-order chi connectivity index (χ1) is 13.1. The second-order valence-electron chi connectivity index (χ2n) is 7.02. The highest BCUT2D eigenvalue weighted by molar-refractivity contribution is 6.04. The van der Waals surface area contributed by atoms with Crippen LogP contribution >= 0.6 is 0 Å². The topological polar surface area (TPSA) is 58.6 Å². The second kappa shape index (κ2) is 9.33. The van der Waals surface area contributed by atoms with E-state index in [-0.39, 0.29) is 11.7 Å². The van der Waals surface area contributed by atoms with Crippen molar-refractivity contribution in [3.63, 3.8) is 0 Å². The fraction of sp³-hybridized carbons (Fsp3) is 0.364. The Balaban J connectivity index is 1.50. The van der Waals surface area contributed by atoms with Gasteiger partial charge in [-0.3, -0.25) is 14.5 Å². The Morgan fingerprint density at radius 1 is 1.11 bits per heavy atom. The highest BCUT2D eigenvalue weighted by Crippen LogP contribution is 2.19. The monoisotopic (exact) mass is 366 g/mol. The Morgan fingerprint density at radius 2 is 1.85 bits per heavy atom. The van der Waals surface area contributed by atoms with Crippen molar-refractivity contribution in [2.75, 3.05) is 31.6 Å². The molecule has 142 valence electrons. The Labute approximate surface area is 160 Å². The van der Waals surface area contributed by atoms with Gasteiger partial charge in [-0.25, -0.2) is 0 Å². The zero-order valence-electron chi connectivity index (χ0n) is 15.7. The molecule has 5 heteroatoms. The molecule has 0 spiro atoms. The standard InChI is InChI=1S/C22H26N2O3/c1-17(25)20-11-5-6-12-21(20)23-22(26)15-24-13-7-8-18(14-24)16-27-19-9-3-2-4-10-19/h2-6,9-12,18H,7-8,13-16H2,1H3,(H,23,26). The summed E-state index contributed by atoms with van der Waals surface area (Å²) in [5, 5.41) is 2.88. The molecule has 2 aromatic carbocycles. The maximum Gasteiger partial charge on any atom is 0.238 e. The van der Waals surface area contributed by atoms with Crippen LogP contribution in [0.4, 0.5) is 5.69 Å². The minimum absolute atomic E-state index is 0.0537. The number of para-hydroxylation sites is 2. The van der Waals surface area contributed by atoms with Crippen molar-refractivity contribution in [3.8, 4) is 5.75 Å². The van der Waals surface area contributed by atoms with Crippen LogP contribution in [0.1, 0.15) is 30.1 Å². The summed E-state index contributed by atoms with van der Waals surface area (Å²) in [6.45, 7) is 4.24. The lowest BCUT2D eigenvalue weighted by molar-refractivity contribution is -0.117. The van der Waals surface area contributed by atoms with Crippen LogP contribution in [0, 0.1) is 5.92 Å². The summed E-state index contributed by atoms with van der Waals surface area (Å²) in [4.78, 5) is 26.3. The van der Waals surface area contributed by atoms with E-state index < -0.39 is 0 Å². The molecule has 0 aromatic heterocycles. The number of hydrogen-bond acceptors (Lipinski definition) is 4. The summed E-state index contributed by atoms with van der Waals surface area (Å²) >= 11 is 0. The van der Waals surface area contributed by atoms with Crippen molar-refractivity contribution in [3.05, 3.63) is 60.2 Å². The Kier molecular flexibility index (Phi) is 6.60. The maximum absolute atomic E-state index is 12.4. The van der Waals surface area contributed by atoms with Gasteiger partial charge in [0.25, 0.3) is 0 Å². The van der Waals surface area contributed by atoms with Crippen molar-refractivity contribution in [2.45, 2.75) is 19.8 Å². The number of rotatable bonds is 7.